The van der Waals surface area contributed by atoms with Crippen molar-refractivity contribution in [1.82, 2.24) is 4.90 Å². The maximum absolute atomic E-state index is 10.9. The van der Waals surface area contributed by atoms with Crippen molar-refractivity contribution in [3.05, 3.63) is 12.2 Å². The van der Waals surface area contributed by atoms with Crippen molar-refractivity contribution in [2.75, 3.05) is 20.6 Å². The highest BCUT2D eigenvalue weighted by molar-refractivity contribution is 7.81. The van der Waals surface area contributed by atoms with Crippen molar-refractivity contribution in [3.8, 4) is 0 Å². The Balaban J connectivity index is 3.66. The van der Waals surface area contributed by atoms with E-state index < -0.39 is 0 Å². The minimum Gasteiger partial charge on any atom is -0.306 e. The largest absolute Gasteiger partial charge is 0.306 e. The smallest absolute Gasteiger partial charge is 0.167 e. The zero-order valence-corrected chi connectivity index (χ0v) is 8.14. The monoisotopic (exact) mass is 173 g/mol. The van der Waals surface area contributed by atoms with Gasteiger partial charge in [-0.25, -0.2) is 0 Å². The maximum Gasteiger partial charge on any atom is 0.167 e. The molecule has 0 aromatic rings. The van der Waals surface area contributed by atoms with Crippen molar-refractivity contribution in [2.45, 2.75) is 12.2 Å². The fraction of sp³-hybridized carbons (Fsp3) is 0.625. The van der Waals surface area contributed by atoms with Crippen LogP contribution in [0.5, 0.6) is 0 Å². The molecule has 2 nitrogen and oxygen atoms in total. The molecule has 0 aromatic heterocycles. The third-order valence-corrected chi connectivity index (χ3v) is 1.42. The SMILES string of the molecule is CC(S)C(=O)/C=C/CN(C)C. The molecule has 11 heavy (non-hydrogen) atoms. The summed E-state index contributed by atoms with van der Waals surface area (Å²) in [5, 5.41) is -0.187. The number of carbonyl (C=O) groups excluding carboxylic acids is 1. The summed E-state index contributed by atoms with van der Waals surface area (Å²) in [7, 11) is 3.91. The molecule has 0 fully saturated rings. The molecule has 0 radical (unpaired) electrons. The molecule has 1 unspecified atom stereocenters. The summed E-state index contributed by atoms with van der Waals surface area (Å²) in [6, 6.07) is 0. The molecule has 0 bridgehead atoms. The third kappa shape index (κ3) is 6.13. The summed E-state index contributed by atoms with van der Waals surface area (Å²) in [4.78, 5) is 12.9. The predicted molar refractivity (Wildman–Crippen MR) is 51.1 cm³/mol. The molecule has 0 aliphatic carbocycles. The molecule has 0 aliphatic rings. The quantitative estimate of drug-likeness (QED) is 0.505. The van der Waals surface area contributed by atoms with Crippen LogP contribution in [0.3, 0.4) is 0 Å². The van der Waals surface area contributed by atoms with Crippen molar-refractivity contribution in [1.29, 1.82) is 0 Å². The number of hydrogen-bond donors (Lipinski definition) is 1. The highest BCUT2D eigenvalue weighted by Gasteiger charge is 2.01. The summed E-state index contributed by atoms with van der Waals surface area (Å²) in [5.41, 5.74) is 0. The molecule has 0 saturated heterocycles. The zero-order chi connectivity index (χ0) is 8.85. The number of hydrogen-bond acceptors (Lipinski definition) is 3. The Bertz CT molecular complexity index is 152. The van der Waals surface area contributed by atoms with Crippen LogP contribution in [0.15, 0.2) is 12.2 Å². The number of rotatable bonds is 4. The average molecular weight is 173 g/mol. The molecular weight excluding hydrogens is 158 g/mol. The second-order valence-corrected chi connectivity index (χ2v) is 3.52. The van der Waals surface area contributed by atoms with E-state index in [2.05, 4.69) is 12.6 Å². The van der Waals surface area contributed by atoms with E-state index in [1.807, 2.05) is 25.1 Å². The normalized spacial score (nSPS) is 14.3. The molecule has 0 amide bonds. The number of ketones is 1. The van der Waals surface area contributed by atoms with Crippen LogP contribution in [0.1, 0.15) is 6.92 Å². The van der Waals surface area contributed by atoms with Gasteiger partial charge in [-0.2, -0.15) is 12.6 Å². The van der Waals surface area contributed by atoms with Gasteiger partial charge in [0.2, 0.25) is 0 Å². The van der Waals surface area contributed by atoms with Gasteiger partial charge in [-0.3, -0.25) is 4.79 Å². The molecule has 0 rings (SSSR count). The Morgan fingerprint density at radius 2 is 2.18 bits per heavy atom. The van der Waals surface area contributed by atoms with Crippen molar-refractivity contribution in [3.63, 3.8) is 0 Å². The van der Waals surface area contributed by atoms with Gasteiger partial charge in [0.25, 0.3) is 0 Å². The molecule has 64 valence electrons. The van der Waals surface area contributed by atoms with Crippen LogP contribution in [-0.2, 0) is 4.79 Å². The molecule has 0 aliphatic heterocycles. The Morgan fingerprint density at radius 1 is 1.64 bits per heavy atom. The lowest BCUT2D eigenvalue weighted by atomic mass is 10.3. The topological polar surface area (TPSA) is 20.3 Å². The predicted octanol–water partition coefficient (Wildman–Crippen LogP) is 0.992. The molecule has 0 aromatic carbocycles. The van der Waals surface area contributed by atoms with E-state index in [1.54, 1.807) is 13.0 Å². The number of nitrogens with zero attached hydrogens (tertiary/aromatic N) is 1. The molecular formula is C8H15NOS. The summed E-state index contributed by atoms with van der Waals surface area (Å²) < 4.78 is 0. The van der Waals surface area contributed by atoms with Gasteiger partial charge in [-0.1, -0.05) is 6.08 Å². The molecule has 0 N–H and O–H groups in total. The fourth-order valence-corrected chi connectivity index (χ4v) is 0.605. The minimum absolute atomic E-state index is 0.0650. The van der Waals surface area contributed by atoms with Crippen LogP contribution < -0.4 is 0 Å². The summed E-state index contributed by atoms with van der Waals surface area (Å²) in [5.74, 6) is 0.0650. The summed E-state index contributed by atoms with van der Waals surface area (Å²) in [6.07, 6.45) is 3.42. The van der Waals surface area contributed by atoms with E-state index in [1.165, 1.54) is 0 Å². The summed E-state index contributed by atoms with van der Waals surface area (Å²) in [6.45, 7) is 2.57. The van der Waals surface area contributed by atoms with E-state index in [-0.39, 0.29) is 11.0 Å². The number of carbonyl (C=O) groups is 1. The Kier molecular flexibility index (Phi) is 5.24. The van der Waals surface area contributed by atoms with Gasteiger partial charge in [0.1, 0.15) is 0 Å². The van der Waals surface area contributed by atoms with Crippen LogP contribution >= 0.6 is 12.6 Å². The standard InChI is InChI=1S/C8H15NOS/c1-7(11)8(10)5-4-6-9(2)3/h4-5,7,11H,6H2,1-3H3/b5-4+. The highest BCUT2D eigenvalue weighted by atomic mass is 32.1. The average Bonchev–Trinajstić information content (AvgIpc) is 1.86. The lowest BCUT2D eigenvalue weighted by Gasteiger charge is -2.03. The molecule has 0 saturated carbocycles. The Hall–Kier alpha value is -0.280. The molecule has 0 spiro atoms. The van der Waals surface area contributed by atoms with Gasteiger partial charge in [0.05, 0.1) is 5.25 Å². The first-order chi connectivity index (χ1) is 5.04. The van der Waals surface area contributed by atoms with Crippen molar-refractivity contribution in [2.24, 2.45) is 0 Å². The fourth-order valence-electron chi connectivity index (χ4n) is 0.519. The van der Waals surface area contributed by atoms with E-state index in [4.69, 9.17) is 0 Å². The summed E-state index contributed by atoms with van der Waals surface area (Å²) >= 11 is 4.00. The lowest BCUT2D eigenvalue weighted by molar-refractivity contribution is -0.113. The molecule has 1 atom stereocenters. The van der Waals surface area contributed by atoms with Crippen molar-refractivity contribution < 1.29 is 4.79 Å². The number of likely N-dealkylation sites (N-methyl/N-ethyl adjacent to an activating group) is 1. The van der Waals surface area contributed by atoms with Gasteiger partial charge in [-0.05, 0) is 27.1 Å². The van der Waals surface area contributed by atoms with Gasteiger partial charge in [0.15, 0.2) is 5.78 Å². The minimum atomic E-state index is -0.187. The highest BCUT2D eigenvalue weighted by Crippen LogP contribution is 1.95. The second-order valence-electron chi connectivity index (χ2n) is 2.74. The van der Waals surface area contributed by atoms with Crippen LogP contribution in [0, 0.1) is 0 Å². The van der Waals surface area contributed by atoms with E-state index >= 15 is 0 Å². The van der Waals surface area contributed by atoms with E-state index in [9.17, 15) is 4.79 Å². The first kappa shape index (κ1) is 10.7. The zero-order valence-electron chi connectivity index (χ0n) is 7.24. The van der Waals surface area contributed by atoms with Crippen LogP contribution in [0.2, 0.25) is 0 Å². The third-order valence-electron chi connectivity index (χ3n) is 1.16. The van der Waals surface area contributed by atoms with Gasteiger partial charge in [-0.15, -0.1) is 0 Å². The maximum atomic E-state index is 10.9. The first-order valence-corrected chi connectivity index (χ1v) is 4.09. The van der Waals surface area contributed by atoms with E-state index in [0.29, 0.717) is 0 Å². The molecule has 0 heterocycles. The van der Waals surface area contributed by atoms with Gasteiger partial charge in [0, 0.05) is 6.54 Å². The van der Waals surface area contributed by atoms with Crippen LogP contribution in [-0.4, -0.2) is 36.6 Å². The van der Waals surface area contributed by atoms with Crippen LogP contribution in [0.4, 0.5) is 0 Å². The molecule has 3 heteroatoms. The van der Waals surface area contributed by atoms with Gasteiger partial charge < -0.3 is 4.90 Å². The number of thiol groups is 1. The van der Waals surface area contributed by atoms with Crippen molar-refractivity contribution >= 4 is 18.4 Å². The van der Waals surface area contributed by atoms with E-state index in [0.717, 1.165) is 6.54 Å². The van der Waals surface area contributed by atoms with Crippen LogP contribution in [0.25, 0.3) is 0 Å². The first-order valence-electron chi connectivity index (χ1n) is 3.57. The Morgan fingerprint density at radius 3 is 2.55 bits per heavy atom. The van der Waals surface area contributed by atoms with Gasteiger partial charge >= 0.3 is 0 Å². The lowest BCUT2D eigenvalue weighted by Crippen LogP contribution is -2.12. The second kappa shape index (κ2) is 5.38. The Labute approximate surface area is 73.7 Å². The number of allylic oxidation sites excluding steroid dienone is 1.